The highest BCUT2D eigenvalue weighted by molar-refractivity contribution is 7.16. The first-order valence-electron chi connectivity index (χ1n) is 4.18. The fourth-order valence-corrected chi connectivity index (χ4v) is 1.96. The van der Waals surface area contributed by atoms with Crippen LogP contribution in [0.15, 0.2) is 0 Å². The van der Waals surface area contributed by atoms with Crippen molar-refractivity contribution in [2.75, 3.05) is 5.73 Å². The third-order valence-electron chi connectivity index (χ3n) is 1.98. The normalized spacial score (nSPS) is 15.4. The Hall–Kier alpha value is -1.21. The molecule has 1 aromatic rings. The van der Waals surface area contributed by atoms with Crippen molar-refractivity contribution in [3.63, 3.8) is 0 Å². The Balaban J connectivity index is 2.35. The number of anilines is 1. The van der Waals surface area contributed by atoms with Crippen LogP contribution in [0.1, 0.15) is 23.3 Å². The zero-order valence-corrected chi connectivity index (χ0v) is 8.15. The number of ether oxygens (including phenoxy) is 1. The van der Waals surface area contributed by atoms with Crippen molar-refractivity contribution in [3.05, 3.63) is 10.4 Å². The summed E-state index contributed by atoms with van der Waals surface area (Å²) in [5.41, 5.74) is 6.17. The van der Waals surface area contributed by atoms with E-state index >= 15 is 0 Å². The van der Waals surface area contributed by atoms with Gasteiger partial charge in [0.1, 0.15) is 16.6 Å². The van der Waals surface area contributed by atoms with E-state index in [0.717, 1.165) is 17.7 Å². The second-order valence-electron chi connectivity index (χ2n) is 3.16. The fourth-order valence-electron chi connectivity index (χ4n) is 1.15. The molecule has 0 spiro atoms. The van der Waals surface area contributed by atoms with Crippen LogP contribution in [0, 0.1) is 18.3 Å². The first kappa shape index (κ1) is 8.39. The van der Waals surface area contributed by atoms with E-state index in [-0.39, 0.29) is 0 Å². The van der Waals surface area contributed by atoms with E-state index in [9.17, 15) is 0 Å². The molecule has 4 heteroatoms. The lowest BCUT2D eigenvalue weighted by atomic mass is 10.3. The number of aryl methyl sites for hydroxylation is 1. The molecule has 2 N–H and O–H groups in total. The van der Waals surface area contributed by atoms with E-state index in [4.69, 9.17) is 15.7 Å². The number of nitriles is 1. The minimum atomic E-state index is 0.319. The summed E-state index contributed by atoms with van der Waals surface area (Å²) in [6.07, 6.45) is 2.51. The lowest BCUT2D eigenvalue weighted by Crippen LogP contribution is -1.97. The van der Waals surface area contributed by atoms with Crippen molar-refractivity contribution in [1.82, 2.24) is 0 Å². The van der Waals surface area contributed by atoms with Gasteiger partial charge < -0.3 is 10.5 Å². The molecule has 0 aromatic carbocycles. The average Bonchev–Trinajstić information content (AvgIpc) is 2.82. The maximum absolute atomic E-state index is 8.84. The molecule has 1 saturated carbocycles. The summed E-state index contributed by atoms with van der Waals surface area (Å²) in [4.78, 5) is 1.00. The number of hydrogen-bond donors (Lipinski definition) is 1. The van der Waals surface area contributed by atoms with Crippen LogP contribution in [0.25, 0.3) is 0 Å². The van der Waals surface area contributed by atoms with Crippen LogP contribution in [0.4, 0.5) is 5.00 Å². The van der Waals surface area contributed by atoms with Gasteiger partial charge in [-0.15, -0.1) is 11.3 Å². The average molecular weight is 194 g/mol. The number of nitrogens with two attached hydrogens (primary N) is 1. The Bertz CT molecular complexity index is 374. The van der Waals surface area contributed by atoms with Gasteiger partial charge in [0.2, 0.25) is 0 Å². The predicted molar refractivity (Wildman–Crippen MR) is 51.8 cm³/mol. The maximum Gasteiger partial charge on any atom is 0.153 e. The second-order valence-corrected chi connectivity index (χ2v) is 4.41. The summed E-state index contributed by atoms with van der Waals surface area (Å²) in [6.45, 7) is 1.93. The predicted octanol–water partition coefficient (Wildman–Crippen LogP) is 2.05. The summed E-state index contributed by atoms with van der Waals surface area (Å²) in [7, 11) is 0. The molecule has 0 aliphatic heterocycles. The quantitative estimate of drug-likeness (QED) is 0.783. The minimum Gasteiger partial charge on any atom is -0.488 e. The van der Waals surface area contributed by atoms with Crippen LogP contribution in [-0.2, 0) is 0 Å². The van der Waals surface area contributed by atoms with Crippen molar-refractivity contribution in [2.45, 2.75) is 25.9 Å². The van der Waals surface area contributed by atoms with Gasteiger partial charge in [-0.1, -0.05) is 0 Å². The van der Waals surface area contributed by atoms with Gasteiger partial charge in [0.25, 0.3) is 0 Å². The number of hydrogen-bond acceptors (Lipinski definition) is 4. The Morgan fingerprint density at radius 1 is 1.62 bits per heavy atom. The first-order valence-corrected chi connectivity index (χ1v) is 4.99. The molecule has 0 saturated heterocycles. The largest absolute Gasteiger partial charge is 0.488 e. The molecule has 3 nitrogen and oxygen atoms in total. The van der Waals surface area contributed by atoms with Crippen molar-refractivity contribution >= 4 is 16.3 Å². The molecule has 0 amide bonds. The van der Waals surface area contributed by atoms with E-state index in [1.807, 2.05) is 6.92 Å². The van der Waals surface area contributed by atoms with Gasteiger partial charge in [0, 0.05) is 4.88 Å². The van der Waals surface area contributed by atoms with Crippen molar-refractivity contribution in [1.29, 1.82) is 5.26 Å². The van der Waals surface area contributed by atoms with E-state index in [2.05, 4.69) is 6.07 Å². The zero-order chi connectivity index (χ0) is 9.42. The van der Waals surface area contributed by atoms with Crippen LogP contribution >= 0.6 is 11.3 Å². The highest BCUT2D eigenvalue weighted by Gasteiger charge is 2.27. The number of nitrogen functional groups attached to an aromatic ring is 1. The van der Waals surface area contributed by atoms with Gasteiger partial charge in [-0.3, -0.25) is 0 Å². The van der Waals surface area contributed by atoms with Crippen LogP contribution in [-0.4, -0.2) is 6.10 Å². The van der Waals surface area contributed by atoms with Gasteiger partial charge in [0.05, 0.1) is 6.10 Å². The molecule has 0 unspecified atom stereocenters. The third kappa shape index (κ3) is 1.47. The monoisotopic (exact) mass is 194 g/mol. The molecule has 2 rings (SSSR count). The Labute approximate surface area is 80.7 Å². The van der Waals surface area contributed by atoms with Crippen LogP contribution < -0.4 is 10.5 Å². The molecule has 1 fully saturated rings. The van der Waals surface area contributed by atoms with Gasteiger partial charge >= 0.3 is 0 Å². The highest BCUT2D eigenvalue weighted by Crippen LogP contribution is 2.39. The summed E-state index contributed by atoms with van der Waals surface area (Å²) in [5.74, 6) is 0.701. The number of nitrogens with zero attached hydrogens (tertiary/aromatic N) is 1. The standard InChI is InChI=1S/C9H10N2OS/c1-5-8(12-6-2-3-6)7(4-10)9(11)13-5/h6H,2-3,11H2,1H3. The molecule has 1 aromatic heterocycles. The van der Waals surface area contributed by atoms with E-state index in [1.54, 1.807) is 0 Å². The van der Waals surface area contributed by atoms with Crippen molar-refractivity contribution < 1.29 is 4.74 Å². The van der Waals surface area contributed by atoms with Crippen molar-refractivity contribution in [3.8, 4) is 11.8 Å². The van der Waals surface area contributed by atoms with Gasteiger partial charge in [-0.25, -0.2) is 0 Å². The van der Waals surface area contributed by atoms with E-state index < -0.39 is 0 Å². The Morgan fingerprint density at radius 2 is 2.31 bits per heavy atom. The molecule has 1 heterocycles. The summed E-state index contributed by atoms with van der Waals surface area (Å²) < 4.78 is 5.61. The lowest BCUT2D eigenvalue weighted by molar-refractivity contribution is 0.302. The third-order valence-corrected chi connectivity index (χ3v) is 2.89. The zero-order valence-electron chi connectivity index (χ0n) is 7.33. The van der Waals surface area contributed by atoms with Crippen molar-refractivity contribution in [2.24, 2.45) is 0 Å². The number of thiophene rings is 1. The summed E-state index contributed by atoms with van der Waals surface area (Å²) >= 11 is 1.42. The molecular weight excluding hydrogens is 184 g/mol. The smallest absolute Gasteiger partial charge is 0.153 e. The Morgan fingerprint density at radius 3 is 2.85 bits per heavy atom. The fraction of sp³-hybridized carbons (Fsp3) is 0.444. The first-order chi connectivity index (χ1) is 6.22. The van der Waals surface area contributed by atoms with Crippen LogP contribution in [0.2, 0.25) is 0 Å². The summed E-state index contributed by atoms with van der Waals surface area (Å²) in [5, 5.41) is 9.41. The molecule has 1 aliphatic carbocycles. The molecule has 1 aliphatic rings. The van der Waals surface area contributed by atoms with Gasteiger partial charge in [-0.2, -0.15) is 5.26 Å². The lowest BCUT2D eigenvalue weighted by Gasteiger charge is -2.02. The molecular formula is C9H10N2OS. The van der Waals surface area contributed by atoms with Crippen LogP contribution in [0.3, 0.4) is 0 Å². The minimum absolute atomic E-state index is 0.319. The molecule has 13 heavy (non-hydrogen) atoms. The molecule has 68 valence electrons. The number of rotatable bonds is 2. The second kappa shape index (κ2) is 2.93. The van der Waals surface area contributed by atoms with Crippen LogP contribution in [0.5, 0.6) is 5.75 Å². The van der Waals surface area contributed by atoms with Gasteiger partial charge in [-0.05, 0) is 19.8 Å². The Kier molecular flexibility index (Phi) is 1.89. The van der Waals surface area contributed by atoms with E-state index in [1.165, 1.54) is 11.3 Å². The topological polar surface area (TPSA) is 59.0 Å². The van der Waals surface area contributed by atoms with E-state index in [0.29, 0.717) is 22.4 Å². The van der Waals surface area contributed by atoms with Gasteiger partial charge in [0.15, 0.2) is 5.75 Å². The highest BCUT2D eigenvalue weighted by atomic mass is 32.1. The summed E-state index contributed by atoms with van der Waals surface area (Å²) in [6, 6.07) is 2.08. The molecule has 0 radical (unpaired) electrons. The molecule has 0 atom stereocenters. The molecule has 0 bridgehead atoms. The SMILES string of the molecule is Cc1sc(N)c(C#N)c1OC1CC1. The maximum atomic E-state index is 8.84.